The topological polar surface area (TPSA) is 80.3 Å². The lowest BCUT2D eigenvalue weighted by Gasteiger charge is -2.60. The third-order valence-corrected chi connectivity index (χ3v) is 9.56. The SMILES string of the molecule is COC(=O)C12CC3CC(C1)CC(c1ncc(-c4ccc(NC(=O)Nc5c(F)cccc5F)cc4)s1)(C3)C2. The quantitative estimate of drug-likeness (QED) is 0.363. The fourth-order valence-corrected chi connectivity index (χ4v) is 8.36. The molecule has 37 heavy (non-hydrogen) atoms. The zero-order chi connectivity index (χ0) is 25.8. The van der Waals surface area contributed by atoms with Crippen molar-refractivity contribution in [2.75, 3.05) is 17.7 Å². The molecule has 2 aromatic carbocycles. The van der Waals surface area contributed by atoms with Gasteiger partial charge in [-0.3, -0.25) is 4.79 Å². The predicted molar refractivity (Wildman–Crippen MR) is 137 cm³/mol. The molecule has 1 aromatic heterocycles. The molecule has 1 heterocycles. The molecule has 0 radical (unpaired) electrons. The predicted octanol–water partition coefficient (Wildman–Crippen LogP) is 6.74. The summed E-state index contributed by atoms with van der Waals surface area (Å²) >= 11 is 1.67. The van der Waals surface area contributed by atoms with Gasteiger partial charge < -0.3 is 15.4 Å². The Morgan fingerprint density at radius 2 is 1.68 bits per heavy atom. The molecule has 6 nitrogen and oxygen atoms in total. The summed E-state index contributed by atoms with van der Waals surface area (Å²) in [5.74, 6) is -0.664. The summed E-state index contributed by atoms with van der Waals surface area (Å²) in [6.07, 6.45) is 7.92. The maximum Gasteiger partial charge on any atom is 0.323 e. The van der Waals surface area contributed by atoms with E-state index in [1.165, 1.54) is 19.6 Å². The zero-order valence-electron chi connectivity index (χ0n) is 20.4. The monoisotopic (exact) mass is 523 g/mol. The van der Waals surface area contributed by atoms with E-state index in [1.54, 1.807) is 23.5 Å². The average molecular weight is 524 g/mol. The first kappa shape index (κ1) is 24.0. The Kier molecular flexibility index (Phi) is 5.78. The molecule has 9 heteroatoms. The van der Waals surface area contributed by atoms with Gasteiger partial charge in [0.2, 0.25) is 0 Å². The fourth-order valence-electron chi connectivity index (χ4n) is 7.23. The van der Waals surface area contributed by atoms with E-state index >= 15 is 0 Å². The molecule has 192 valence electrons. The molecule has 4 saturated carbocycles. The second-order valence-electron chi connectivity index (χ2n) is 10.8. The summed E-state index contributed by atoms with van der Waals surface area (Å²) in [7, 11) is 1.50. The standard InChI is InChI=1S/C28H27F2N3O3S/c1-36-25(34)28-12-16-9-17(13-28)11-27(10-16,15-28)24-31-14-22(37-24)18-5-7-19(8-6-18)32-26(35)33-23-20(29)3-2-4-21(23)30/h2-8,14,16-17H,9-13,15H2,1H3,(H2,32,33,35). The van der Waals surface area contributed by atoms with Crippen LogP contribution in [0.2, 0.25) is 0 Å². The molecule has 2 N–H and O–H groups in total. The molecule has 4 fully saturated rings. The normalized spacial score (nSPS) is 27.6. The number of urea groups is 1. The van der Waals surface area contributed by atoms with E-state index < -0.39 is 23.4 Å². The number of rotatable bonds is 5. The number of carbonyl (C=O) groups is 2. The van der Waals surface area contributed by atoms with Crippen LogP contribution in [0.5, 0.6) is 0 Å². The summed E-state index contributed by atoms with van der Waals surface area (Å²) in [5, 5.41) is 5.91. The number of halogens is 2. The summed E-state index contributed by atoms with van der Waals surface area (Å²) in [6, 6.07) is 9.89. The van der Waals surface area contributed by atoms with Crippen LogP contribution in [-0.4, -0.2) is 24.1 Å². The number of hydrogen-bond acceptors (Lipinski definition) is 5. The van der Waals surface area contributed by atoms with Crippen molar-refractivity contribution in [3.8, 4) is 10.4 Å². The smallest absolute Gasteiger partial charge is 0.323 e. The van der Waals surface area contributed by atoms with E-state index in [9.17, 15) is 18.4 Å². The van der Waals surface area contributed by atoms with Crippen molar-refractivity contribution < 1.29 is 23.1 Å². The van der Waals surface area contributed by atoms with Crippen LogP contribution in [0.25, 0.3) is 10.4 Å². The first-order valence-electron chi connectivity index (χ1n) is 12.5. The van der Waals surface area contributed by atoms with Gasteiger partial charge in [0.05, 0.1) is 22.4 Å². The van der Waals surface area contributed by atoms with E-state index in [0.717, 1.165) is 59.7 Å². The van der Waals surface area contributed by atoms with Crippen LogP contribution in [0, 0.1) is 28.9 Å². The van der Waals surface area contributed by atoms with Gasteiger partial charge in [0, 0.05) is 17.3 Å². The summed E-state index contributed by atoms with van der Waals surface area (Å²) in [4.78, 5) is 30.9. The number of aromatic nitrogens is 1. The largest absolute Gasteiger partial charge is 0.469 e. The summed E-state index contributed by atoms with van der Waals surface area (Å²) < 4.78 is 32.8. The number of nitrogens with zero attached hydrogens (tertiary/aromatic N) is 1. The molecule has 4 bridgehead atoms. The van der Waals surface area contributed by atoms with Crippen LogP contribution in [0.4, 0.5) is 25.0 Å². The van der Waals surface area contributed by atoms with Crippen LogP contribution < -0.4 is 10.6 Å². The van der Waals surface area contributed by atoms with Crippen molar-refractivity contribution in [3.05, 3.63) is 65.3 Å². The van der Waals surface area contributed by atoms with Gasteiger partial charge in [-0.2, -0.15) is 0 Å². The number of benzene rings is 2. The van der Waals surface area contributed by atoms with Crippen LogP contribution in [0.3, 0.4) is 0 Å². The first-order valence-corrected chi connectivity index (χ1v) is 13.3. The number of carbonyl (C=O) groups excluding carboxylic acids is 2. The zero-order valence-corrected chi connectivity index (χ0v) is 21.2. The molecule has 7 rings (SSSR count). The molecular formula is C28H27F2N3O3S. The number of para-hydroxylation sites is 1. The lowest BCUT2D eigenvalue weighted by atomic mass is 9.44. The molecule has 0 saturated heterocycles. The molecule has 0 aliphatic heterocycles. The van der Waals surface area contributed by atoms with Gasteiger partial charge in [0.15, 0.2) is 0 Å². The van der Waals surface area contributed by atoms with Gasteiger partial charge in [-0.1, -0.05) is 18.2 Å². The molecule has 3 aromatic rings. The molecule has 2 unspecified atom stereocenters. The van der Waals surface area contributed by atoms with E-state index in [0.29, 0.717) is 17.5 Å². The molecular weight excluding hydrogens is 496 g/mol. The maximum absolute atomic E-state index is 13.8. The Hall–Kier alpha value is -3.33. The molecule has 2 amide bonds. The minimum atomic E-state index is -0.844. The first-order chi connectivity index (χ1) is 17.8. The number of thiazole rings is 1. The molecule has 4 aliphatic rings. The van der Waals surface area contributed by atoms with E-state index in [-0.39, 0.29) is 16.8 Å². The van der Waals surface area contributed by atoms with E-state index in [1.807, 2.05) is 18.3 Å². The maximum atomic E-state index is 13.8. The highest BCUT2D eigenvalue weighted by Crippen LogP contribution is 2.66. The number of amides is 2. The van der Waals surface area contributed by atoms with Gasteiger partial charge in [-0.05, 0) is 80.2 Å². The van der Waals surface area contributed by atoms with Gasteiger partial charge in [0.25, 0.3) is 0 Å². The van der Waals surface area contributed by atoms with Crippen molar-refractivity contribution >= 4 is 34.7 Å². The van der Waals surface area contributed by atoms with E-state index in [2.05, 4.69) is 10.6 Å². The van der Waals surface area contributed by atoms with Crippen molar-refractivity contribution in [2.45, 2.75) is 43.9 Å². The van der Waals surface area contributed by atoms with Gasteiger partial charge in [-0.25, -0.2) is 18.6 Å². The minimum absolute atomic E-state index is 0.0624. The lowest BCUT2D eigenvalue weighted by molar-refractivity contribution is -0.171. The number of hydrogen-bond donors (Lipinski definition) is 2. The van der Waals surface area contributed by atoms with Crippen LogP contribution in [0.1, 0.15) is 43.5 Å². The Balaban J connectivity index is 1.17. The Morgan fingerprint density at radius 3 is 2.32 bits per heavy atom. The van der Waals surface area contributed by atoms with Crippen LogP contribution in [-0.2, 0) is 14.9 Å². The second-order valence-corrected chi connectivity index (χ2v) is 11.8. The minimum Gasteiger partial charge on any atom is -0.469 e. The molecule has 0 spiro atoms. The Morgan fingerprint density at radius 1 is 1.00 bits per heavy atom. The number of methoxy groups -OCH3 is 1. The lowest BCUT2D eigenvalue weighted by Crippen LogP contribution is -2.57. The van der Waals surface area contributed by atoms with E-state index in [4.69, 9.17) is 9.72 Å². The highest BCUT2D eigenvalue weighted by Gasteiger charge is 2.62. The Labute approximate surface area is 217 Å². The van der Waals surface area contributed by atoms with Crippen molar-refractivity contribution in [1.29, 1.82) is 0 Å². The number of esters is 1. The van der Waals surface area contributed by atoms with Crippen molar-refractivity contribution in [1.82, 2.24) is 4.98 Å². The van der Waals surface area contributed by atoms with Gasteiger partial charge in [-0.15, -0.1) is 11.3 Å². The fraction of sp³-hybridized carbons (Fsp3) is 0.393. The van der Waals surface area contributed by atoms with Gasteiger partial charge in [0.1, 0.15) is 17.3 Å². The third kappa shape index (κ3) is 4.19. The van der Waals surface area contributed by atoms with Gasteiger partial charge >= 0.3 is 12.0 Å². The average Bonchev–Trinajstić information content (AvgIpc) is 3.37. The van der Waals surface area contributed by atoms with Crippen molar-refractivity contribution in [2.24, 2.45) is 17.3 Å². The Bertz CT molecular complexity index is 1340. The third-order valence-electron chi connectivity index (χ3n) is 8.27. The molecule has 2 atom stereocenters. The number of anilines is 2. The van der Waals surface area contributed by atoms with Crippen LogP contribution >= 0.6 is 11.3 Å². The second kappa shape index (κ2) is 8.90. The summed E-state index contributed by atoms with van der Waals surface area (Å²) in [6.45, 7) is 0. The summed E-state index contributed by atoms with van der Waals surface area (Å²) in [5.41, 5.74) is 0.519. The molecule has 4 aliphatic carbocycles. The highest BCUT2D eigenvalue weighted by atomic mass is 32.1. The van der Waals surface area contributed by atoms with Crippen LogP contribution in [0.15, 0.2) is 48.7 Å². The number of nitrogens with one attached hydrogen (secondary N) is 2. The highest BCUT2D eigenvalue weighted by molar-refractivity contribution is 7.15. The van der Waals surface area contributed by atoms with Crippen molar-refractivity contribution in [3.63, 3.8) is 0 Å². The number of ether oxygens (including phenoxy) is 1.